The lowest BCUT2D eigenvalue weighted by atomic mass is 10.0. The molecule has 0 saturated carbocycles. The number of aliphatic carboxylic acids is 1. The van der Waals surface area contributed by atoms with Gasteiger partial charge >= 0.3 is 5.97 Å². The van der Waals surface area contributed by atoms with Crippen LogP contribution in [-0.2, 0) is 11.2 Å². The molecular weight excluding hydrogens is 284 g/mol. The van der Waals surface area contributed by atoms with Gasteiger partial charge in [0.15, 0.2) is 0 Å². The van der Waals surface area contributed by atoms with Crippen molar-refractivity contribution in [1.82, 2.24) is 0 Å². The van der Waals surface area contributed by atoms with Crippen LogP contribution in [0.25, 0.3) is 20.2 Å². The van der Waals surface area contributed by atoms with Gasteiger partial charge in [-0.3, -0.25) is 9.59 Å². The molecule has 0 amide bonds. The maximum Gasteiger partial charge on any atom is 0.303 e. The van der Waals surface area contributed by atoms with Crippen LogP contribution in [-0.4, -0.2) is 17.4 Å². The van der Waals surface area contributed by atoms with Crippen molar-refractivity contribution < 1.29 is 14.7 Å². The van der Waals surface area contributed by atoms with E-state index in [1.807, 2.05) is 18.2 Å². The van der Waals surface area contributed by atoms with Crippen LogP contribution < -0.4 is 0 Å². The topological polar surface area (TPSA) is 54.4 Å². The van der Waals surface area contributed by atoms with E-state index >= 15 is 0 Å². The fraction of sp³-hybridized carbons (Fsp3) is 0.176. The van der Waals surface area contributed by atoms with E-state index in [-0.39, 0.29) is 6.42 Å². The summed E-state index contributed by atoms with van der Waals surface area (Å²) in [6.45, 7) is 0. The van der Waals surface area contributed by atoms with Crippen molar-refractivity contribution in [3.05, 3.63) is 47.5 Å². The molecule has 1 N–H and O–H groups in total. The number of rotatable bonds is 5. The number of carbonyl (C=O) groups is 2. The molecule has 2 aromatic carbocycles. The van der Waals surface area contributed by atoms with Gasteiger partial charge in [-0.15, -0.1) is 11.3 Å². The third kappa shape index (κ3) is 2.81. The molecule has 3 aromatic rings. The number of aldehydes is 1. The Balaban J connectivity index is 2.00. The maximum absolute atomic E-state index is 10.9. The van der Waals surface area contributed by atoms with Gasteiger partial charge in [-0.2, -0.15) is 0 Å². The number of hydrogen-bond acceptors (Lipinski definition) is 3. The summed E-state index contributed by atoms with van der Waals surface area (Å²) in [5.74, 6) is -0.757. The maximum atomic E-state index is 10.9. The van der Waals surface area contributed by atoms with Gasteiger partial charge in [0.25, 0.3) is 0 Å². The number of carbonyl (C=O) groups excluding carboxylic acids is 1. The second-order valence-electron chi connectivity index (χ2n) is 5.05. The molecule has 0 atom stereocenters. The zero-order valence-corrected chi connectivity index (χ0v) is 12.2. The van der Waals surface area contributed by atoms with E-state index in [2.05, 4.69) is 18.2 Å². The van der Waals surface area contributed by atoms with Crippen molar-refractivity contribution in [3.63, 3.8) is 0 Å². The third-order valence-electron chi connectivity index (χ3n) is 3.55. The van der Waals surface area contributed by atoms with E-state index in [1.54, 1.807) is 11.3 Å². The number of carboxylic acid groups (broad SMARTS) is 1. The number of aryl methyl sites for hydroxylation is 1. The van der Waals surface area contributed by atoms with Gasteiger partial charge in [-0.25, -0.2) is 0 Å². The Bertz CT molecular complexity index is 833. The van der Waals surface area contributed by atoms with Gasteiger partial charge in [-0.05, 0) is 42.7 Å². The summed E-state index contributed by atoms with van der Waals surface area (Å²) in [5.41, 5.74) is 1.82. The summed E-state index contributed by atoms with van der Waals surface area (Å²) in [5, 5.41) is 10.9. The molecule has 106 valence electrons. The Labute approximate surface area is 125 Å². The first kappa shape index (κ1) is 13.8. The van der Waals surface area contributed by atoms with Crippen LogP contribution in [0.4, 0.5) is 0 Å². The predicted octanol–water partition coefficient (Wildman–Crippen LogP) is 4.27. The summed E-state index contributed by atoms with van der Waals surface area (Å²) < 4.78 is 2.35. The van der Waals surface area contributed by atoms with Gasteiger partial charge in [0.1, 0.15) is 6.29 Å². The highest BCUT2D eigenvalue weighted by molar-refractivity contribution is 7.25. The van der Waals surface area contributed by atoms with Gasteiger partial charge in [0.05, 0.1) is 0 Å². The van der Waals surface area contributed by atoms with E-state index in [0.717, 1.165) is 29.0 Å². The van der Waals surface area contributed by atoms with E-state index in [0.29, 0.717) is 12.0 Å². The predicted molar refractivity (Wildman–Crippen MR) is 85.3 cm³/mol. The largest absolute Gasteiger partial charge is 0.481 e. The summed E-state index contributed by atoms with van der Waals surface area (Å²) in [7, 11) is 0. The molecule has 21 heavy (non-hydrogen) atoms. The fourth-order valence-corrected chi connectivity index (χ4v) is 3.58. The first-order chi connectivity index (χ1) is 10.2. The van der Waals surface area contributed by atoms with Gasteiger partial charge in [0, 0.05) is 32.2 Å². The van der Waals surface area contributed by atoms with Crippen LogP contribution in [0.15, 0.2) is 36.4 Å². The molecule has 4 heteroatoms. The first-order valence-electron chi connectivity index (χ1n) is 6.79. The number of fused-ring (bicyclic) bond motifs is 3. The zero-order valence-electron chi connectivity index (χ0n) is 11.3. The number of hydrogen-bond donors (Lipinski definition) is 1. The molecule has 0 aliphatic rings. The minimum atomic E-state index is -0.757. The molecule has 0 spiro atoms. The minimum Gasteiger partial charge on any atom is -0.481 e. The lowest BCUT2D eigenvalue weighted by Crippen LogP contribution is -1.95. The molecule has 0 aliphatic carbocycles. The monoisotopic (exact) mass is 298 g/mol. The second kappa shape index (κ2) is 5.66. The zero-order chi connectivity index (χ0) is 14.8. The van der Waals surface area contributed by atoms with Crippen LogP contribution in [0.1, 0.15) is 28.8 Å². The number of carboxylic acids is 1. The lowest BCUT2D eigenvalue weighted by molar-refractivity contribution is -0.137. The molecule has 0 radical (unpaired) electrons. The molecule has 0 unspecified atom stereocenters. The van der Waals surface area contributed by atoms with Gasteiger partial charge in [0.2, 0.25) is 0 Å². The van der Waals surface area contributed by atoms with Crippen molar-refractivity contribution in [2.75, 3.05) is 0 Å². The molecule has 0 fully saturated rings. The Morgan fingerprint density at radius 3 is 2.52 bits per heavy atom. The Morgan fingerprint density at radius 2 is 1.81 bits per heavy atom. The molecule has 3 nitrogen and oxygen atoms in total. The highest BCUT2D eigenvalue weighted by atomic mass is 32.1. The lowest BCUT2D eigenvalue weighted by Gasteiger charge is -2.01. The van der Waals surface area contributed by atoms with Crippen LogP contribution in [0.3, 0.4) is 0 Å². The summed E-state index contributed by atoms with van der Waals surface area (Å²) in [6.07, 6.45) is 2.45. The van der Waals surface area contributed by atoms with Crippen LogP contribution in [0.2, 0.25) is 0 Å². The number of benzene rings is 2. The Kier molecular flexibility index (Phi) is 3.71. The van der Waals surface area contributed by atoms with E-state index < -0.39 is 5.97 Å². The normalized spacial score (nSPS) is 11.0. The fourth-order valence-electron chi connectivity index (χ4n) is 2.51. The molecular formula is C17H14O3S. The highest BCUT2D eigenvalue weighted by Gasteiger charge is 2.07. The minimum absolute atomic E-state index is 0.192. The molecule has 3 rings (SSSR count). The first-order valence-corrected chi connectivity index (χ1v) is 7.61. The summed E-state index contributed by atoms with van der Waals surface area (Å²) >= 11 is 1.71. The highest BCUT2D eigenvalue weighted by Crippen LogP contribution is 2.34. The quantitative estimate of drug-likeness (QED) is 0.715. The Hall–Kier alpha value is -2.20. The molecule has 0 aliphatic heterocycles. The van der Waals surface area contributed by atoms with Crippen molar-refractivity contribution in [2.45, 2.75) is 19.3 Å². The van der Waals surface area contributed by atoms with Gasteiger partial charge < -0.3 is 5.11 Å². The van der Waals surface area contributed by atoms with Gasteiger partial charge in [-0.1, -0.05) is 12.1 Å². The standard InChI is InChI=1S/C17H14O3S/c18-10-12-5-7-16-14(9-12)13-8-11(2-1-3-17(19)20)4-6-15(13)21-16/h4-10H,1-3H2,(H,19,20). The molecule has 1 aromatic heterocycles. The van der Waals surface area contributed by atoms with Crippen molar-refractivity contribution in [1.29, 1.82) is 0 Å². The second-order valence-corrected chi connectivity index (χ2v) is 6.14. The smallest absolute Gasteiger partial charge is 0.303 e. The molecule has 1 heterocycles. The number of thiophene rings is 1. The van der Waals surface area contributed by atoms with Crippen molar-refractivity contribution in [3.8, 4) is 0 Å². The van der Waals surface area contributed by atoms with Crippen LogP contribution in [0.5, 0.6) is 0 Å². The Morgan fingerprint density at radius 1 is 1.10 bits per heavy atom. The van der Waals surface area contributed by atoms with E-state index in [4.69, 9.17) is 5.11 Å². The molecule has 0 bridgehead atoms. The van der Waals surface area contributed by atoms with E-state index in [9.17, 15) is 9.59 Å². The SMILES string of the molecule is O=Cc1ccc2sc3ccc(CCCC(=O)O)cc3c2c1. The third-order valence-corrected chi connectivity index (χ3v) is 4.70. The van der Waals surface area contributed by atoms with Crippen LogP contribution in [0, 0.1) is 0 Å². The molecule has 0 saturated heterocycles. The van der Waals surface area contributed by atoms with E-state index in [1.165, 1.54) is 9.40 Å². The summed E-state index contributed by atoms with van der Waals surface area (Å²) in [4.78, 5) is 21.5. The summed E-state index contributed by atoms with van der Waals surface area (Å²) in [6, 6.07) is 12.0. The average molecular weight is 298 g/mol. The average Bonchev–Trinajstić information content (AvgIpc) is 2.84. The van der Waals surface area contributed by atoms with Crippen molar-refractivity contribution in [2.24, 2.45) is 0 Å². The van der Waals surface area contributed by atoms with Crippen molar-refractivity contribution >= 4 is 43.8 Å². The van der Waals surface area contributed by atoms with Crippen LogP contribution >= 0.6 is 11.3 Å².